The third-order valence-corrected chi connectivity index (χ3v) is 3.70. The molecule has 0 aliphatic rings. The van der Waals surface area contributed by atoms with Crippen molar-refractivity contribution in [2.45, 2.75) is 25.8 Å². The summed E-state index contributed by atoms with van der Waals surface area (Å²) in [5.41, 5.74) is 6.15. The van der Waals surface area contributed by atoms with E-state index in [4.69, 9.17) is 5.73 Å². The van der Waals surface area contributed by atoms with Crippen molar-refractivity contribution in [1.82, 2.24) is 20.6 Å². The van der Waals surface area contributed by atoms with Crippen molar-refractivity contribution < 1.29 is 14.4 Å². The molecular formula is C13H21N5O3S. The normalized spacial score (nSPS) is 11.7. The maximum absolute atomic E-state index is 12.1. The number of aromatic amines is 1. The lowest BCUT2D eigenvalue weighted by Gasteiger charge is -2.16. The van der Waals surface area contributed by atoms with Gasteiger partial charge in [-0.25, -0.2) is 4.98 Å². The van der Waals surface area contributed by atoms with Gasteiger partial charge < -0.3 is 21.4 Å². The number of amides is 2. The molecule has 0 aromatic carbocycles. The fourth-order valence-corrected chi connectivity index (χ4v) is 2.35. The molecule has 0 bridgehead atoms. The van der Waals surface area contributed by atoms with Crippen molar-refractivity contribution >= 4 is 28.7 Å². The van der Waals surface area contributed by atoms with Crippen molar-refractivity contribution in [3.63, 3.8) is 0 Å². The Kier molecular flexibility index (Phi) is 8.23. The minimum atomic E-state index is -0.651. The number of H-pyrrole nitrogens is 1. The Bertz CT molecular complexity index is 492. The predicted molar refractivity (Wildman–Crippen MR) is 84.0 cm³/mol. The van der Waals surface area contributed by atoms with E-state index in [1.807, 2.05) is 0 Å². The van der Waals surface area contributed by atoms with Gasteiger partial charge in [0, 0.05) is 50.5 Å². The van der Waals surface area contributed by atoms with Crippen LogP contribution < -0.4 is 16.4 Å². The first-order chi connectivity index (χ1) is 10.5. The molecule has 1 aromatic heterocycles. The van der Waals surface area contributed by atoms with Crippen LogP contribution in [0.25, 0.3) is 0 Å². The van der Waals surface area contributed by atoms with E-state index in [2.05, 4.69) is 20.6 Å². The summed E-state index contributed by atoms with van der Waals surface area (Å²) in [6.07, 6.45) is 3.58. The summed E-state index contributed by atoms with van der Waals surface area (Å²) >= 11 is 1.09. The topological polar surface area (TPSA) is 130 Å². The molecular weight excluding hydrogens is 306 g/mol. The molecule has 0 aliphatic heterocycles. The monoisotopic (exact) mass is 327 g/mol. The van der Waals surface area contributed by atoms with E-state index in [1.165, 1.54) is 13.3 Å². The van der Waals surface area contributed by atoms with Crippen LogP contribution in [0.5, 0.6) is 0 Å². The molecule has 22 heavy (non-hydrogen) atoms. The molecule has 1 heterocycles. The van der Waals surface area contributed by atoms with E-state index in [0.717, 1.165) is 17.5 Å². The molecule has 0 radical (unpaired) electrons. The predicted octanol–water partition coefficient (Wildman–Crippen LogP) is -0.818. The first-order valence-electron chi connectivity index (χ1n) is 6.90. The maximum atomic E-state index is 12.1. The highest BCUT2D eigenvalue weighted by atomic mass is 32.2. The molecule has 9 heteroatoms. The Labute approximate surface area is 133 Å². The van der Waals surface area contributed by atoms with Gasteiger partial charge in [-0.1, -0.05) is 11.8 Å². The van der Waals surface area contributed by atoms with Crippen LogP contribution in [0, 0.1) is 0 Å². The second kappa shape index (κ2) is 9.96. The van der Waals surface area contributed by atoms with E-state index < -0.39 is 6.04 Å². The Morgan fingerprint density at radius 2 is 2.23 bits per heavy atom. The minimum Gasteiger partial charge on any atom is -0.356 e. The largest absolute Gasteiger partial charge is 0.356 e. The first-order valence-corrected chi connectivity index (χ1v) is 7.89. The van der Waals surface area contributed by atoms with Crippen molar-refractivity contribution in [2.75, 3.05) is 18.8 Å². The van der Waals surface area contributed by atoms with Gasteiger partial charge in [-0.3, -0.25) is 14.4 Å². The zero-order chi connectivity index (χ0) is 16.4. The number of hydrogen-bond acceptors (Lipinski definition) is 6. The SMILES string of the molecule is CC(=O)NCCC(=O)NC(Cc1cnc[nH]1)C(=O)SCCN. The van der Waals surface area contributed by atoms with Crippen LogP contribution in [0.1, 0.15) is 19.0 Å². The number of nitrogens with two attached hydrogens (primary N) is 1. The minimum absolute atomic E-state index is 0.119. The van der Waals surface area contributed by atoms with Gasteiger partial charge in [-0.2, -0.15) is 0 Å². The van der Waals surface area contributed by atoms with Gasteiger partial charge in [0.1, 0.15) is 6.04 Å². The summed E-state index contributed by atoms with van der Waals surface area (Å²) in [6.45, 7) is 2.01. The Morgan fingerprint density at radius 1 is 1.45 bits per heavy atom. The fraction of sp³-hybridized carbons (Fsp3) is 0.538. The summed E-state index contributed by atoms with van der Waals surface area (Å²) < 4.78 is 0. The third-order valence-electron chi connectivity index (χ3n) is 2.69. The number of nitrogens with one attached hydrogen (secondary N) is 3. The number of nitrogens with zero attached hydrogens (tertiary/aromatic N) is 1. The molecule has 0 spiro atoms. The van der Waals surface area contributed by atoms with Gasteiger partial charge in [0.05, 0.1) is 6.33 Å². The third kappa shape index (κ3) is 7.23. The average Bonchev–Trinajstić information content (AvgIpc) is 2.96. The van der Waals surface area contributed by atoms with Gasteiger partial charge in [-0.05, 0) is 0 Å². The molecule has 1 rings (SSSR count). The van der Waals surface area contributed by atoms with E-state index in [-0.39, 0.29) is 29.9 Å². The highest BCUT2D eigenvalue weighted by Gasteiger charge is 2.21. The number of rotatable bonds is 9. The van der Waals surface area contributed by atoms with Crippen LogP contribution in [0.15, 0.2) is 12.5 Å². The molecule has 0 saturated carbocycles. The zero-order valence-corrected chi connectivity index (χ0v) is 13.2. The molecule has 1 unspecified atom stereocenters. The molecule has 2 amide bonds. The lowest BCUT2D eigenvalue weighted by Crippen LogP contribution is -2.42. The van der Waals surface area contributed by atoms with Crippen LogP contribution in [-0.4, -0.2) is 51.8 Å². The summed E-state index contributed by atoms with van der Waals surface area (Å²) in [4.78, 5) is 41.6. The highest BCUT2D eigenvalue weighted by molar-refractivity contribution is 8.13. The van der Waals surface area contributed by atoms with Crippen LogP contribution in [0.2, 0.25) is 0 Å². The molecule has 1 aromatic rings. The summed E-state index contributed by atoms with van der Waals surface area (Å²) in [5, 5.41) is 5.08. The Hall–Kier alpha value is -1.87. The van der Waals surface area contributed by atoms with Crippen LogP contribution in [-0.2, 0) is 20.8 Å². The Balaban J connectivity index is 2.54. The number of thioether (sulfide) groups is 1. The van der Waals surface area contributed by atoms with E-state index >= 15 is 0 Å². The van der Waals surface area contributed by atoms with Gasteiger partial charge in [0.25, 0.3) is 0 Å². The van der Waals surface area contributed by atoms with Crippen LogP contribution in [0.4, 0.5) is 0 Å². The number of hydrogen-bond donors (Lipinski definition) is 4. The Morgan fingerprint density at radius 3 is 2.82 bits per heavy atom. The fourth-order valence-electron chi connectivity index (χ4n) is 1.69. The molecule has 5 N–H and O–H groups in total. The number of aromatic nitrogens is 2. The second-order valence-corrected chi connectivity index (χ2v) is 5.69. The van der Waals surface area contributed by atoms with E-state index in [0.29, 0.717) is 18.7 Å². The molecule has 122 valence electrons. The van der Waals surface area contributed by atoms with Gasteiger partial charge in [-0.15, -0.1) is 0 Å². The number of carbonyl (C=O) groups excluding carboxylic acids is 3. The highest BCUT2D eigenvalue weighted by Crippen LogP contribution is 2.09. The summed E-state index contributed by atoms with van der Waals surface area (Å²) in [7, 11) is 0. The molecule has 0 fully saturated rings. The first kappa shape index (κ1) is 18.2. The summed E-state index contributed by atoms with van der Waals surface area (Å²) in [5.74, 6) is 0.0106. The molecule has 0 saturated heterocycles. The van der Waals surface area contributed by atoms with Gasteiger partial charge >= 0.3 is 0 Å². The maximum Gasteiger partial charge on any atom is 0.222 e. The second-order valence-electron chi connectivity index (χ2n) is 4.59. The number of imidazole rings is 1. The van der Waals surface area contributed by atoms with Crippen LogP contribution >= 0.6 is 11.8 Å². The van der Waals surface area contributed by atoms with Crippen molar-refractivity contribution in [3.05, 3.63) is 18.2 Å². The van der Waals surface area contributed by atoms with Gasteiger partial charge in [0.2, 0.25) is 16.9 Å². The summed E-state index contributed by atoms with van der Waals surface area (Å²) in [6, 6.07) is -0.651. The molecule has 8 nitrogen and oxygen atoms in total. The quantitative estimate of drug-likeness (QED) is 0.469. The lowest BCUT2D eigenvalue weighted by atomic mass is 10.2. The van der Waals surface area contributed by atoms with E-state index in [9.17, 15) is 14.4 Å². The molecule has 1 atom stereocenters. The van der Waals surface area contributed by atoms with Crippen LogP contribution in [0.3, 0.4) is 0 Å². The van der Waals surface area contributed by atoms with Crippen molar-refractivity contribution in [2.24, 2.45) is 5.73 Å². The average molecular weight is 327 g/mol. The van der Waals surface area contributed by atoms with Gasteiger partial charge in [0.15, 0.2) is 0 Å². The smallest absolute Gasteiger partial charge is 0.222 e. The standard InChI is InChI=1S/C13H21N5O3S/c1-9(19)16-4-2-12(20)18-11(13(21)22-5-3-14)6-10-7-15-8-17-10/h7-8,11H,2-6,14H2,1H3,(H,15,17)(H,16,19)(H,18,20). The van der Waals surface area contributed by atoms with E-state index in [1.54, 1.807) is 6.20 Å². The molecule has 0 aliphatic carbocycles. The van der Waals surface area contributed by atoms with Crippen molar-refractivity contribution in [3.8, 4) is 0 Å². The van der Waals surface area contributed by atoms with Crippen molar-refractivity contribution in [1.29, 1.82) is 0 Å². The number of carbonyl (C=O) groups is 3. The zero-order valence-electron chi connectivity index (χ0n) is 12.4. The lowest BCUT2D eigenvalue weighted by molar-refractivity contribution is -0.125.